The summed E-state index contributed by atoms with van der Waals surface area (Å²) in [5.74, 6) is -3.21. The van der Waals surface area contributed by atoms with E-state index in [1.165, 1.54) is 32.0 Å². The highest BCUT2D eigenvalue weighted by Crippen LogP contribution is 2.30. The first-order chi connectivity index (χ1) is 14.5. The molecule has 0 saturated heterocycles. The van der Waals surface area contributed by atoms with E-state index in [-0.39, 0.29) is 16.8 Å². The van der Waals surface area contributed by atoms with Crippen LogP contribution in [0.1, 0.15) is 40.1 Å². The maximum atomic E-state index is 12.8. The number of imide groups is 1. The van der Waals surface area contributed by atoms with Crippen LogP contribution < -0.4 is 5.32 Å². The number of ether oxygens (including phenoxy) is 1. The van der Waals surface area contributed by atoms with Crippen LogP contribution >= 0.6 is 0 Å². The number of alkyl halides is 3. The molecule has 0 spiro atoms. The van der Waals surface area contributed by atoms with Crippen molar-refractivity contribution in [3.8, 4) is 0 Å². The van der Waals surface area contributed by atoms with E-state index in [9.17, 15) is 32.3 Å². The number of rotatable bonds is 5. The molecule has 2 aromatic carbocycles. The van der Waals surface area contributed by atoms with Gasteiger partial charge in [0.1, 0.15) is 6.04 Å². The summed E-state index contributed by atoms with van der Waals surface area (Å²) >= 11 is 0. The van der Waals surface area contributed by atoms with E-state index in [1.54, 1.807) is 12.1 Å². The van der Waals surface area contributed by atoms with Gasteiger partial charge in [-0.15, -0.1) is 0 Å². The van der Waals surface area contributed by atoms with E-state index in [0.717, 1.165) is 23.1 Å². The number of anilines is 1. The van der Waals surface area contributed by atoms with Crippen molar-refractivity contribution in [1.29, 1.82) is 0 Å². The Morgan fingerprint density at radius 3 is 2.10 bits per heavy atom. The molecule has 7 nitrogen and oxygen atoms in total. The van der Waals surface area contributed by atoms with Gasteiger partial charge in [0.15, 0.2) is 6.10 Å². The summed E-state index contributed by atoms with van der Waals surface area (Å²) in [6.07, 6.45) is -5.97. The number of hydrogen-bond acceptors (Lipinski definition) is 5. The minimum Gasteiger partial charge on any atom is -0.451 e. The lowest BCUT2D eigenvalue weighted by molar-refractivity contribution is -0.156. The highest BCUT2D eigenvalue weighted by molar-refractivity contribution is 6.22. The third-order valence-corrected chi connectivity index (χ3v) is 4.67. The summed E-state index contributed by atoms with van der Waals surface area (Å²) in [7, 11) is 0. The quantitative estimate of drug-likeness (QED) is 0.576. The number of esters is 1. The Morgan fingerprint density at radius 1 is 0.968 bits per heavy atom. The fourth-order valence-electron chi connectivity index (χ4n) is 3.01. The minimum atomic E-state index is -4.58. The second-order valence-corrected chi connectivity index (χ2v) is 6.85. The summed E-state index contributed by atoms with van der Waals surface area (Å²) in [6, 6.07) is 8.74. The number of benzene rings is 2. The van der Waals surface area contributed by atoms with Crippen LogP contribution in [-0.2, 0) is 20.5 Å². The molecule has 0 radical (unpaired) electrons. The van der Waals surface area contributed by atoms with Crippen molar-refractivity contribution in [2.75, 3.05) is 5.32 Å². The van der Waals surface area contributed by atoms with Crippen molar-refractivity contribution in [3.05, 3.63) is 65.2 Å². The fraction of sp³-hybridized carbons (Fsp3) is 0.238. The molecule has 0 fully saturated rings. The maximum absolute atomic E-state index is 12.8. The molecule has 2 aromatic rings. The van der Waals surface area contributed by atoms with Gasteiger partial charge in [0.2, 0.25) is 0 Å². The number of nitrogens with zero attached hydrogens (tertiary/aromatic N) is 1. The Morgan fingerprint density at radius 2 is 1.55 bits per heavy atom. The van der Waals surface area contributed by atoms with Crippen LogP contribution in [0, 0.1) is 0 Å². The molecule has 1 N–H and O–H groups in total. The zero-order valence-electron chi connectivity index (χ0n) is 16.4. The topological polar surface area (TPSA) is 92.8 Å². The van der Waals surface area contributed by atoms with Gasteiger partial charge >= 0.3 is 12.1 Å². The van der Waals surface area contributed by atoms with Crippen molar-refractivity contribution in [2.24, 2.45) is 0 Å². The largest absolute Gasteiger partial charge is 0.451 e. The first-order valence-corrected chi connectivity index (χ1v) is 9.16. The Bertz CT molecular complexity index is 1030. The molecule has 162 valence electrons. The van der Waals surface area contributed by atoms with Gasteiger partial charge in [0.05, 0.1) is 16.7 Å². The average Bonchev–Trinajstić information content (AvgIpc) is 2.97. The van der Waals surface area contributed by atoms with Crippen LogP contribution in [0.15, 0.2) is 48.5 Å². The van der Waals surface area contributed by atoms with Crippen LogP contribution in [0.25, 0.3) is 0 Å². The molecule has 31 heavy (non-hydrogen) atoms. The van der Waals surface area contributed by atoms with E-state index < -0.39 is 47.6 Å². The summed E-state index contributed by atoms with van der Waals surface area (Å²) in [5, 5.41) is 2.24. The number of carbonyl (C=O) groups is 4. The monoisotopic (exact) mass is 434 g/mol. The van der Waals surface area contributed by atoms with Crippen LogP contribution in [0.4, 0.5) is 18.9 Å². The molecule has 3 amide bonds. The summed E-state index contributed by atoms with van der Waals surface area (Å²) in [5.41, 5.74) is -0.768. The highest BCUT2D eigenvalue weighted by atomic mass is 19.4. The predicted molar refractivity (Wildman–Crippen MR) is 102 cm³/mol. The van der Waals surface area contributed by atoms with Gasteiger partial charge in [-0.2, -0.15) is 13.2 Å². The number of carbonyl (C=O) groups excluding carboxylic acids is 4. The normalized spacial score (nSPS) is 15.3. The van der Waals surface area contributed by atoms with Crippen molar-refractivity contribution >= 4 is 29.4 Å². The lowest BCUT2D eigenvalue weighted by Crippen LogP contribution is -2.45. The molecule has 0 bridgehead atoms. The van der Waals surface area contributed by atoms with Gasteiger partial charge in [-0.3, -0.25) is 19.3 Å². The Kier molecular flexibility index (Phi) is 5.83. The molecule has 3 rings (SSSR count). The number of fused-ring (bicyclic) bond motifs is 1. The highest BCUT2D eigenvalue weighted by Gasteiger charge is 2.41. The van der Waals surface area contributed by atoms with E-state index in [4.69, 9.17) is 4.74 Å². The van der Waals surface area contributed by atoms with Crippen LogP contribution in [0.5, 0.6) is 0 Å². The Labute approximate surface area is 174 Å². The van der Waals surface area contributed by atoms with Crippen molar-refractivity contribution in [3.63, 3.8) is 0 Å². The third-order valence-electron chi connectivity index (χ3n) is 4.67. The van der Waals surface area contributed by atoms with Gasteiger partial charge in [0, 0.05) is 5.69 Å². The number of hydrogen-bond donors (Lipinski definition) is 1. The molecule has 1 aliphatic heterocycles. The summed E-state index contributed by atoms with van der Waals surface area (Å²) < 4.78 is 43.4. The SMILES string of the molecule is C[C@H](OC(=O)[C@@H](C)N1C(=O)c2ccccc2C1=O)C(=O)Nc1cccc(C(F)(F)F)c1. The zero-order valence-corrected chi connectivity index (χ0v) is 16.4. The number of amides is 3. The molecule has 1 aliphatic rings. The van der Waals surface area contributed by atoms with Crippen LogP contribution in [0.3, 0.4) is 0 Å². The van der Waals surface area contributed by atoms with E-state index >= 15 is 0 Å². The molecular formula is C21H17F3N2O5. The van der Waals surface area contributed by atoms with Gasteiger partial charge in [0.25, 0.3) is 17.7 Å². The van der Waals surface area contributed by atoms with Crippen molar-refractivity contribution in [1.82, 2.24) is 4.90 Å². The smallest absolute Gasteiger partial charge is 0.416 e. The summed E-state index contributed by atoms with van der Waals surface area (Å²) in [6.45, 7) is 2.50. The molecule has 0 aliphatic carbocycles. The second kappa shape index (κ2) is 8.21. The first kappa shape index (κ1) is 22.0. The number of halogens is 3. The van der Waals surface area contributed by atoms with E-state index in [2.05, 4.69) is 5.32 Å². The first-order valence-electron chi connectivity index (χ1n) is 9.16. The molecule has 0 aromatic heterocycles. The standard InChI is InChI=1S/C21H17F3N2O5/c1-11(26-18(28)15-8-3-4-9-16(15)19(26)29)20(30)31-12(2)17(27)25-14-7-5-6-13(10-14)21(22,23)24/h3-12H,1-2H3,(H,25,27)/t11-,12+/m1/s1. The number of nitrogens with one attached hydrogen (secondary N) is 1. The zero-order chi connectivity index (χ0) is 22.9. The predicted octanol–water partition coefficient (Wildman–Crippen LogP) is 3.26. The lowest BCUT2D eigenvalue weighted by atomic mass is 10.1. The molecular weight excluding hydrogens is 417 g/mol. The minimum absolute atomic E-state index is 0.129. The Balaban J connectivity index is 1.65. The fourth-order valence-corrected chi connectivity index (χ4v) is 3.01. The van der Waals surface area contributed by atoms with E-state index in [1.807, 2.05) is 0 Å². The van der Waals surface area contributed by atoms with Gasteiger partial charge in [-0.1, -0.05) is 18.2 Å². The van der Waals surface area contributed by atoms with Crippen LogP contribution in [0.2, 0.25) is 0 Å². The molecule has 0 unspecified atom stereocenters. The third kappa shape index (κ3) is 4.42. The molecule has 2 atom stereocenters. The van der Waals surface area contributed by atoms with E-state index in [0.29, 0.717) is 0 Å². The molecule has 0 saturated carbocycles. The Hall–Kier alpha value is -3.69. The van der Waals surface area contributed by atoms with Crippen molar-refractivity contribution in [2.45, 2.75) is 32.2 Å². The van der Waals surface area contributed by atoms with Crippen LogP contribution in [-0.4, -0.2) is 40.7 Å². The molecule has 1 heterocycles. The molecule has 10 heteroatoms. The second-order valence-electron chi connectivity index (χ2n) is 6.85. The van der Waals surface area contributed by atoms with Crippen molar-refractivity contribution < 1.29 is 37.1 Å². The van der Waals surface area contributed by atoms with Gasteiger partial charge in [-0.25, -0.2) is 4.79 Å². The van der Waals surface area contributed by atoms with Gasteiger partial charge < -0.3 is 10.1 Å². The maximum Gasteiger partial charge on any atom is 0.416 e. The average molecular weight is 434 g/mol. The summed E-state index contributed by atoms with van der Waals surface area (Å²) in [4.78, 5) is 50.3. The van der Waals surface area contributed by atoms with Gasteiger partial charge in [-0.05, 0) is 44.2 Å². The lowest BCUT2D eigenvalue weighted by Gasteiger charge is -2.22.